The lowest BCUT2D eigenvalue weighted by molar-refractivity contribution is 0.244. The first-order valence-corrected chi connectivity index (χ1v) is 15.0. The Morgan fingerprint density at radius 3 is 1.53 bits per heavy atom. The summed E-state index contributed by atoms with van der Waals surface area (Å²) in [6, 6.07) is 0. The van der Waals surface area contributed by atoms with Gasteiger partial charge in [-0.15, -0.1) is 0 Å². The quantitative estimate of drug-likeness (QED) is 0.376. The summed E-state index contributed by atoms with van der Waals surface area (Å²) in [6.07, 6.45) is 17.5. The first-order valence-electron chi connectivity index (χ1n) is 11.5. The Morgan fingerprint density at radius 2 is 1.07 bits per heavy atom. The molecule has 0 radical (unpaired) electrons. The summed E-state index contributed by atoms with van der Waals surface area (Å²) in [7, 11) is -1.55. The van der Waals surface area contributed by atoms with Gasteiger partial charge in [0.25, 0.3) is 0 Å². The molecular weight excluding hydrogens is 376 g/mol. The van der Waals surface area contributed by atoms with Gasteiger partial charge in [-0.25, -0.2) is 0 Å². The van der Waals surface area contributed by atoms with Crippen LogP contribution in [0, 0.1) is 21.7 Å². The van der Waals surface area contributed by atoms with Gasteiger partial charge < -0.3 is 0 Å². The summed E-state index contributed by atoms with van der Waals surface area (Å²) in [4.78, 5) is 0. The second-order valence-electron chi connectivity index (χ2n) is 13.2. The van der Waals surface area contributed by atoms with Gasteiger partial charge in [0, 0.05) is 10.8 Å². The van der Waals surface area contributed by atoms with Crippen molar-refractivity contribution in [3.05, 3.63) is 81.2 Å². The van der Waals surface area contributed by atoms with E-state index in [1.165, 1.54) is 27.9 Å². The lowest BCUT2D eigenvalue weighted by Crippen LogP contribution is -2.50. The minimum atomic E-state index is -1.55. The molecule has 0 aliphatic heterocycles. The molecule has 0 aromatic heterocycles. The minimum Gasteiger partial charge on any atom is -0.0656 e. The van der Waals surface area contributed by atoms with E-state index in [0.717, 1.165) is 0 Å². The van der Waals surface area contributed by atoms with E-state index in [2.05, 4.69) is 118 Å². The van der Waals surface area contributed by atoms with Gasteiger partial charge in [0.05, 0.1) is 8.07 Å². The van der Waals surface area contributed by atoms with Crippen molar-refractivity contribution >= 4 is 8.07 Å². The van der Waals surface area contributed by atoms with Crippen molar-refractivity contribution in [1.82, 2.24) is 0 Å². The van der Waals surface area contributed by atoms with Gasteiger partial charge in [-0.3, -0.25) is 0 Å². The van der Waals surface area contributed by atoms with Gasteiger partial charge >= 0.3 is 0 Å². The first kappa shape index (κ1) is 21.6. The second kappa shape index (κ2) is 6.00. The molecule has 0 saturated carbocycles. The van der Waals surface area contributed by atoms with E-state index < -0.39 is 8.07 Å². The third-order valence-corrected chi connectivity index (χ3v) is 10.1. The van der Waals surface area contributed by atoms with Crippen molar-refractivity contribution in [3.8, 4) is 0 Å². The molecule has 0 N–H and O–H groups in total. The van der Waals surface area contributed by atoms with Crippen LogP contribution in [-0.4, -0.2) is 8.07 Å². The van der Waals surface area contributed by atoms with Crippen LogP contribution < -0.4 is 0 Å². The lowest BCUT2D eigenvalue weighted by Gasteiger charge is -2.58. The van der Waals surface area contributed by atoms with Crippen molar-refractivity contribution in [3.63, 3.8) is 0 Å². The molecule has 1 heteroatoms. The van der Waals surface area contributed by atoms with E-state index >= 15 is 0 Å². The molecule has 0 aromatic carbocycles. The third-order valence-electron chi connectivity index (χ3n) is 8.08. The molecule has 0 saturated heterocycles. The molecule has 2 atom stereocenters. The first-order chi connectivity index (χ1) is 13.5. The van der Waals surface area contributed by atoms with Crippen LogP contribution >= 0.6 is 0 Å². The Kier molecular flexibility index (Phi) is 4.33. The maximum atomic E-state index is 2.60. The maximum absolute atomic E-state index is 2.60. The Morgan fingerprint density at radius 1 is 0.600 bits per heavy atom. The van der Waals surface area contributed by atoms with E-state index in [1.807, 2.05) is 0 Å². The van der Waals surface area contributed by atoms with Gasteiger partial charge in [-0.2, -0.15) is 0 Å². The fourth-order valence-electron chi connectivity index (χ4n) is 5.64. The monoisotopic (exact) mass is 416 g/mol. The van der Waals surface area contributed by atoms with Crippen LogP contribution in [0.2, 0.25) is 19.6 Å². The molecule has 4 aliphatic carbocycles. The normalized spacial score (nSPS) is 30.8. The highest BCUT2D eigenvalue weighted by Gasteiger charge is 2.58. The fraction of sp³-hybridized carbons (Fsp3) is 0.517. The SMILES string of the molecule is CC(C)(C)C1=CC2=CC([Si](C)(C)C)=C3C=C(C(C)(C)C)C=C4C=CC(=C1)[C@@]2(C)[C@]43C. The molecule has 0 bridgehead atoms. The predicted molar refractivity (Wildman–Crippen MR) is 135 cm³/mol. The predicted octanol–water partition coefficient (Wildman–Crippen LogP) is 8.51. The summed E-state index contributed by atoms with van der Waals surface area (Å²) in [5.74, 6) is 0. The zero-order chi connectivity index (χ0) is 22.5. The smallest absolute Gasteiger partial charge is 0.0656 e. The van der Waals surface area contributed by atoms with Crippen LogP contribution in [0.1, 0.15) is 55.4 Å². The van der Waals surface area contributed by atoms with Gasteiger partial charge in [0.15, 0.2) is 0 Å². The Labute approximate surface area is 185 Å². The van der Waals surface area contributed by atoms with E-state index in [4.69, 9.17) is 0 Å². The molecule has 0 nitrogen and oxygen atoms in total. The molecule has 4 rings (SSSR count). The van der Waals surface area contributed by atoms with Crippen molar-refractivity contribution in [2.24, 2.45) is 21.7 Å². The Hall–Kier alpha value is -1.60. The van der Waals surface area contributed by atoms with Gasteiger partial charge in [0.1, 0.15) is 0 Å². The molecule has 30 heavy (non-hydrogen) atoms. The molecule has 0 amide bonds. The standard InChI is InChI=1S/C29H40Si/c1-26(2,3)21-14-19-12-13-20-15-22(27(4,5)6)17-24-25(30(9,10)11)18-23(16-21)28(19,7)29(20,24)8/h12-18H,1-11H3/t28-,29-/m1/s1. The molecule has 4 aliphatic rings. The van der Waals surface area contributed by atoms with Gasteiger partial charge in [-0.1, -0.05) is 123 Å². The maximum Gasteiger partial charge on any atom is 0.0780 e. The average Bonchev–Trinajstić information content (AvgIpc) is 2.56. The highest BCUT2D eigenvalue weighted by atomic mass is 28.3. The van der Waals surface area contributed by atoms with Crippen LogP contribution in [0.3, 0.4) is 0 Å². The van der Waals surface area contributed by atoms with Crippen molar-refractivity contribution in [1.29, 1.82) is 0 Å². The molecule has 0 aromatic rings. The largest absolute Gasteiger partial charge is 0.0780 e. The summed E-state index contributed by atoms with van der Waals surface area (Å²) in [6.45, 7) is 26.6. The minimum absolute atomic E-state index is 0.0120. The van der Waals surface area contributed by atoms with Crippen LogP contribution in [0.25, 0.3) is 0 Å². The van der Waals surface area contributed by atoms with E-state index in [1.54, 1.807) is 10.8 Å². The third kappa shape index (κ3) is 2.77. The molecule has 0 unspecified atom stereocenters. The van der Waals surface area contributed by atoms with E-state index in [9.17, 15) is 0 Å². The van der Waals surface area contributed by atoms with Crippen LogP contribution in [0.4, 0.5) is 0 Å². The Bertz CT molecular complexity index is 1040. The summed E-state index contributed by atoms with van der Waals surface area (Å²) in [5, 5.41) is 1.63. The van der Waals surface area contributed by atoms with Gasteiger partial charge in [-0.05, 0) is 44.3 Å². The summed E-state index contributed by atoms with van der Waals surface area (Å²) in [5.41, 5.74) is 9.22. The van der Waals surface area contributed by atoms with Crippen molar-refractivity contribution in [2.75, 3.05) is 0 Å². The van der Waals surface area contributed by atoms with Crippen LogP contribution in [0.15, 0.2) is 81.2 Å². The molecule has 0 fully saturated rings. The van der Waals surface area contributed by atoms with E-state index in [0.29, 0.717) is 0 Å². The van der Waals surface area contributed by atoms with Crippen LogP contribution in [0.5, 0.6) is 0 Å². The van der Waals surface area contributed by atoms with Gasteiger partial charge in [0.2, 0.25) is 0 Å². The molecule has 160 valence electrons. The number of allylic oxidation sites excluding steroid dienone is 14. The zero-order valence-electron chi connectivity index (χ0n) is 21.0. The van der Waals surface area contributed by atoms with Crippen molar-refractivity contribution in [2.45, 2.75) is 75.0 Å². The second-order valence-corrected chi connectivity index (χ2v) is 18.2. The number of hydrogen-bond acceptors (Lipinski definition) is 0. The fourth-order valence-corrected chi connectivity index (χ4v) is 7.36. The van der Waals surface area contributed by atoms with E-state index in [-0.39, 0.29) is 21.7 Å². The van der Waals surface area contributed by atoms with Crippen LogP contribution in [-0.2, 0) is 0 Å². The number of rotatable bonds is 1. The topological polar surface area (TPSA) is 0 Å². The molecular formula is C29H40Si. The highest BCUT2D eigenvalue weighted by Crippen LogP contribution is 2.67. The Balaban J connectivity index is 2.13. The summed E-state index contributed by atoms with van der Waals surface area (Å²) < 4.78 is 0. The summed E-state index contributed by atoms with van der Waals surface area (Å²) >= 11 is 0. The van der Waals surface area contributed by atoms with Crippen molar-refractivity contribution < 1.29 is 0 Å². The zero-order valence-corrected chi connectivity index (χ0v) is 22.0. The highest BCUT2D eigenvalue weighted by molar-refractivity contribution is 6.84. The molecule has 0 heterocycles. The molecule has 0 spiro atoms. The number of hydrogen-bond donors (Lipinski definition) is 0. The average molecular weight is 417 g/mol. The lowest BCUT2D eigenvalue weighted by atomic mass is 9.45.